The Morgan fingerprint density at radius 3 is 2.60 bits per heavy atom. The van der Waals surface area contributed by atoms with E-state index < -0.39 is 5.82 Å². The predicted octanol–water partition coefficient (Wildman–Crippen LogP) is 3.69. The Balaban J connectivity index is 1.52. The van der Waals surface area contributed by atoms with Crippen molar-refractivity contribution in [2.24, 2.45) is 7.05 Å². The average Bonchev–Trinajstić information content (AvgIpc) is 3.07. The Morgan fingerprint density at radius 1 is 1.17 bits per heavy atom. The van der Waals surface area contributed by atoms with E-state index >= 15 is 0 Å². The molecule has 0 aliphatic rings. The van der Waals surface area contributed by atoms with Crippen molar-refractivity contribution in [3.8, 4) is 0 Å². The van der Waals surface area contributed by atoms with E-state index in [9.17, 15) is 14.0 Å². The van der Waals surface area contributed by atoms with E-state index in [2.05, 4.69) is 36.8 Å². The maximum absolute atomic E-state index is 13.8. The summed E-state index contributed by atoms with van der Waals surface area (Å²) in [6.07, 6.45) is 0. The summed E-state index contributed by atoms with van der Waals surface area (Å²) < 4.78 is 16.1. The van der Waals surface area contributed by atoms with E-state index in [4.69, 9.17) is 0 Å². The molecular formula is C20H19BrFN5O2S. The van der Waals surface area contributed by atoms with Crippen LogP contribution in [0.4, 0.5) is 10.1 Å². The number of carbonyl (C=O) groups is 2. The monoisotopic (exact) mass is 491 g/mol. The molecule has 10 heteroatoms. The summed E-state index contributed by atoms with van der Waals surface area (Å²) in [4.78, 5) is 24.3. The summed E-state index contributed by atoms with van der Waals surface area (Å²) in [5, 5.41) is 14.0. The highest BCUT2D eigenvalue weighted by Crippen LogP contribution is 2.21. The molecule has 0 aliphatic carbocycles. The van der Waals surface area contributed by atoms with Crippen LogP contribution >= 0.6 is 27.7 Å². The van der Waals surface area contributed by atoms with Crippen molar-refractivity contribution in [2.45, 2.75) is 18.6 Å². The molecule has 0 spiro atoms. The van der Waals surface area contributed by atoms with Crippen molar-refractivity contribution < 1.29 is 14.0 Å². The van der Waals surface area contributed by atoms with Gasteiger partial charge in [-0.25, -0.2) is 4.39 Å². The zero-order valence-electron chi connectivity index (χ0n) is 16.3. The van der Waals surface area contributed by atoms with Crippen molar-refractivity contribution in [1.82, 2.24) is 20.1 Å². The first-order valence-corrected chi connectivity index (χ1v) is 10.7. The summed E-state index contributed by atoms with van der Waals surface area (Å²) in [6.45, 7) is 2.16. The second-order valence-corrected chi connectivity index (χ2v) is 8.33. The number of aromatic nitrogens is 3. The lowest BCUT2D eigenvalue weighted by atomic mass is 10.1. The molecule has 3 aromatic rings. The zero-order valence-corrected chi connectivity index (χ0v) is 18.7. The number of halogens is 2. The molecule has 1 heterocycles. The van der Waals surface area contributed by atoms with Gasteiger partial charge in [0.2, 0.25) is 5.91 Å². The minimum absolute atomic E-state index is 0.0389. The number of nitrogens with one attached hydrogen (secondary N) is 2. The third kappa shape index (κ3) is 5.67. The molecule has 0 aliphatic heterocycles. The summed E-state index contributed by atoms with van der Waals surface area (Å²) in [7, 11) is 1.75. The highest BCUT2D eigenvalue weighted by molar-refractivity contribution is 9.10. The fourth-order valence-electron chi connectivity index (χ4n) is 2.50. The van der Waals surface area contributed by atoms with Crippen molar-refractivity contribution in [2.75, 3.05) is 11.1 Å². The lowest BCUT2D eigenvalue weighted by Crippen LogP contribution is -2.24. The number of anilines is 1. The second kappa shape index (κ2) is 9.86. The minimum atomic E-state index is -0.520. The zero-order chi connectivity index (χ0) is 21.7. The quantitative estimate of drug-likeness (QED) is 0.492. The van der Waals surface area contributed by atoms with Gasteiger partial charge in [0, 0.05) is 17.1 Å². The average molecular weight is 492 g/mol. The van der Waals surface area contributed by atoms with Crippen LogP contribution < -0.4 is 10.6 Å². The Hall–Kier alpha value is -2.72. The van der Waals surface area contributed by atoms with Crippen molar-refractivity contribution in [1.29, 1.82) is 0 Å². The van der Waals surface area contributed by atoms with Crippen LogP contribution in [-0.4, -0.2) is 32.3 Å². The highest BCUT2D eigenvalue weighted by atomic mass is 79.9. The van der Waals surface area contributed by atoms with Crippen LogP contribution in [0.2, 0.25) is 0 Å². The molecule has 156 valence electrons. The smallest absolute Gasteiger partial charge is 0.251 e. The number of aryl methyl sites for hydroxylation is 1. The number of carbonyl (C=O) groups excluding carboxylic acids is 2. The van der Waals surface area contributed by atoms with E-state index in [1.165, 1.54) is 23.9 Å². The van der Waals surface area contributed by atoms with Gasteiger partial charge in [-0.3, -0.25) is 9.59 Å². The van der Waals surface area contributed by atoms with Crippen molar-refractivity contribution in [3.05, 3.63) is 69.7 Å². The number of rotatable bonds is 7. The van der Waals surface area contributed by atoms with Gasteiger partial charge in [0.15, 0.2) is 11.0 Å². The first-order chi connectivity index (χ1) is 14.3. The molecule has 0 saturated carbocycles. The molecule has 2 amide bonds. The summed E-state index contributed by atoms with van der Waals surface area (Å²) in [6, 6.07) is 11.7. The minimum Gasteiger partial charge on any atom is -0.345 e. The lowest BCUT2D eigenvalue weighted by molar-refractivity contribution is -0.113. The number of amides is 2. The number of thioether (sulfide) groups is 1. The van der Waals surface area contributed by atoms with Gasteiger partial charge in [0.25, 0.3) is 5.91 Å². The maximum Gasteiger partial charge on any atom is 0.251 e. The topological polar surface area (TPSA) is 88.9 Å². The van der Waals surface area contributed by atoms with Gasteiger partial charge in [0.1, 0.15) is 5.82 Å². The molecule has 0 atom stereocenters. The van der Waals surface area contributed by atoms with E-state index in [1.54, 1.807) is 29.8 Å². The van der Waals surface area contributed by atoms with Gasteiger partial charge < -0.3 is 15.2 Å². The maximum atomic E-state index is 13.8. The van der Waals surface area contributed by atoms with Gasteiger partial charge in [-0.1, -0.05) is 45.4 Å². The fraction of sp³-hybridized carbons (Fsp3) is 0.200. The number of hydrogen-bond acceptors (Lipinski definition) is 5. The summed E-state index contributed by atoms with van der Waals surface area (Å²) >= 11 is 4.34. The molecule has 0 saturated heterocycles. The van der Waals surface area contributed by atoms with Crippen LogP contribution in [0.25, 0.3) is 0 Å². The molecule has 2 N–H and O–H groups in total. The molecule has 0 bridgehead atoms. The predicted molar refractivity (Wildman–Crippen MR) is 117 cm³/mol. The number of benzene rings is 2. The Morgan fingerprint density at radius 2 is 1.90 bits per heavy atom. The van der Waals surface area contributed by atoms with Crippen molar-refractivity contribution in [3.63, 3.8) is 0 Å². The van der Waals surface area contributed by atoms with Gasteiger partial charge in [0.05, 0.1) is 18.0 Å². The normalized spacial score (nSPS) is 10.7. The first kappa shape index (κ1) is 22.0. The van der Waals surface area contributed by atoms with Crippen LogP contribution in [0.15, 0.2) is 52.1 Å². The highest BCUT2D eigenvalue weighted by Gasteiger charge is 2.14. The van der Waals surface area contributed by atoms with Crippen LogP contribution in [0.5, 0.6) is 0 Å². The van der Waals surface area contributed by atoms with E-state index in [1.807, 2.05) is 19.1 Å². The largest absolute Gasteiger partial charge is 0.345 e. The molecule has 0 fully saturated rings. The third-order valence-corrected chi connectivity index (χ3v) is 5.70. The van der Waals surface area contributed by atoms with Crippen LogP contribution in [0.3, 0.4) is 0 Å². The lowest BCUT2D eigenvalue weighted by Gasteiger charge is -2.07. The fourth-order valence-corrected chi connectivity index (χ4v) is 3.56. The summed E-state index contributed by atoms with van der Waals surface area (Å²) in [5.74, 6) is -0.496. The first-order valence-electron chi connectivity index (χ1n) is 8.94. The molecule has 30 heavy (non-hydrogen) atoms. The van der Waals surface area contributed by atoms with Gasteiger partial charge >= 0.3 is 0 Å². The number of hydrogen-bond donors (Lipinski definition) is 2. The van der Waals surface area contributed by atoms with Gasteiger partial charge in [-0.2, -0.15) is 0 Å². The molecule has 2 aromatic carbocycles. The third-order valence-electron chi connectivity index (χ3n) is 4.18. The van der Waals surface area contributed by atoms with Gasteiger partial charge in [-0.15, -0.1) is 10.2 Å². The van der Waals surface area contributed by atoms with Crippen LogP contribution in [-0.2, 0) is 18.4 Å². The number of nitrogens with zero attached hydrogens (tertiary/aromatic N) is 3. The molecular weight excluding hydrogens is 473 g/mol. The van der Waals surface area contributed by atoms with Crippen molar-refractivity contribution >= 4 is 45.2 Å². The van der Waals surface area contributed by atoms with Gasteiger partial charge in [-0.05, 0) is 37.3 Å². The molecule has 7 nitrogen and oxygen atoms in total. The molecule has 3 rings (SSSR count). The molecule has 1 aromatic heterocycles. The Labute approximate surface area is 185 Å². The summed E-state index contributed by atoms with van der Waals surface area (Å²) in [5.41, 5.74) is 1.75. The Kier molecular flexibility index (Phi) is 7.22. The van der Waals surface area contributed by atoms with E-state index in [0.29, 0.717) is 21.0 Å². The van der Waals surface area contributed by atoms with Crippen LogP contribution in [0, 0.1) is 12.7 Å². The molecule has 0 radical (unpaired) electrons. The second-order valence-electron chi connectivity index (χ2n) is 6.47. The standard InChI is InChI=1S/C20H19BrFN5O2S/c1-12-3-5-13(6-4-12)19(29)23-10-17-25-26-20(27(17)2)30-11-18(28)24-16-8-7-14(21)9-15(16)22/h3-9H,10-11H2,1-2H3,(H,23,29)(H,24,28). The SMILES string of the molecule is Cc1ccc(C(=O)NCc2nnc(SCC(=O)Nc3ccc(Br)cc3F)n2C)cc1. The molecule has 0 unspecified atom stereocenters. The van der Waals surface area contributed by atoms with Crippen LogP contribution in [0.1, 0.15) is 21.7 Å². The van der Waals surface area contributed by atoms with E-state index in [-0.39, 0.29) is 29.8 Å². The Bertz CT molecular complexity index is 1070. The van der Waals surface area contributed by atoms with E-state index in [0.717, 1.165) is 5.56 Å².